The Bertz CT molecular complexity index is 2930. The molecule has 0 unspecified atom stereocenters. The molecular weight excluding hydrogens is 645 g/mol. The van der Waals surface area contributed by atoms with Crippen molar-refractivity contribution in [2.75, 3.05) is 0 Å². The largest absolute Gasteiger partial charge is 0.265 e. The highest BCUT2D eigenvalue weighted by Gasteiger charge is 2.16. The van der Waals surface area contributed by atoms with E-state index in [2.05, 4.69) is 175 Å². The van der Waals surface area contributed by atoms with E-state index in [0.29, 0.717) is 0 Å². The third-order valence-electron chi connectivity index (χ3n) is 10.1. The van der Waals surface area contributed by atoms with Crippen molar-refractivity contribution in [2.24, 2.45) is 0 Å². The van der Waals surface area contributed by atoms with Crippen LogP contribution >= 0.6 is 0 Å². The van der Waals surface area contributed by atoms with E-state index in [-0.39, 0.29) is 0 Å². The quantitative estimate of drug-likeness (QED) is 0.176. The van der Waals surface area contributed by atoms with E-state index in [4.69, 9.17) is 10.2 Å². The molecule has 0 atom stereocenters. The molecule has 0 aliphatic rings. The number of aromatic nitrogens is 4. The maximum atomic E-state index is 5.14. The minimum absolute atomic E-state index is 0.839. The molecule has 248 valence electrons. The molecule has 0 N–H and O–H groups in total. The lowest BCUT2D eigenvalue weighted by atomic mass is 9.93. The highest BCUT2D eigenvalue weighted by Crippen LogP contribution is 2.37. The minimum Gasteiger partial charge on any atom is -0.265 e. The van der Waals surface area contributed by atoms with Crippen molar-refractivity contribution < 1.29 is 0 Å². The molecule has 10 rings (SSSR count). The second kappa shape index (κ2) is 12.9. The number of benzene rings is 8. The summed E-state index contributed by atoms with van der Waals surface area (Å²) in [4.78, 5) is 5.96. The second-order valence-corrected chi connectivity index (χ2v) is 13.5. The number of hydrogen-bond donors (Lipinski definition) is 0. The third-order valence-corrected chi connectivity index (χ3v) is 10.1. The molecule has 0 amide bonds. The average Bonchev–Trinajstić information content (AvgIpc) is 3.68. The van der Waals surface area contributed by atoms with Gasteiger partial charge in [0.05, 0.1) is 5.69 Å². The van der Waals surface area contributed by atoms with Gasteiger partial charge in [0.2, 0.25) is 0 Å². The Morgan fingerprint density at radius 1 is 0.321 bits per heavy atom. The van der Waals surface area contributed by atoms with Crippen LogP contribution in [0.4, 0.5) is 0 Å². The molecule has 0 aliphatic carbocycles. The van der Waals surface area contributed by atoms with Crippen LogP contribution in [0.1, 0.15) is 0 Å². The van der Waals surface area contributed by atoms with Gasteiger partial charge in [0.25, 0.3) is 0 Å². The number of nitrogens with zero attached hydrogens (tertiary/aromatic N) is 4. The standard InChI is InChI=1S/C49H32N4/c1-3-8-33(9-4-1)37-14-16-40-28-43(19-18-39(40)26-37)45-31-47(44-21-20-41-27-38(15-17-42(41)29-44)34-10-5-2-6-11-34)49-48(32-45)51-53(52-49)46-13-7-12-36(30-46)35-22-24-50-25-23-35/h1-32H. The fourth-order valence-electron chi connectivity index (χ4n) is 7.33. The fraction of sp³-hybridized carbons (Fsp3) is 0. The molecule has 0 saturated heterocycles. The highest BCUT2D eigenvalue weighted by molar-refractivity contribution is 6.00. The second-order valence-electron chi connectivity index (χ2n) is 13.5. The van der Waals surface area contributed by atoms with Crippen LogP contribution in [0, 0.1) is 0 Å². The van der Waals surface area contributed by atoms with Gasteiger partial charge in [0, 0.05) is 18.0 Å². The number of pyridine rings is 1. The molecule has 2 heterocycles. The molecule has 8 aromatic carbocycles. The smallest absolute Gasteiger partial charge is 0.121 e. The van der Waals surface area contributed by atoms with Crippen molar-refractivity contribution >= 4 is 32.6 Å². The van der Waals surface area contributed by atoms with E-state index in [1.165, 1.54) is 43.8 Å². The van der Waals surface area contributed by atoms with Gasteiger partial charge >= 0.3 is 0 Å². The van der Waals surface area contributed by atoms with Crippen LogP contribution in [-0.4, -0.2) is 20.0 Å². The summed E-state index contributed by atoms with van der Waals surface area (Å²) in [6, 6.07) is 64.7. The molecular formula is C49H32N4. The topological polar surface area (TPSA) is 43.6 Å². The predicted molar refractivity (Wildman–Crippen MR) is 219 cm³/mol. The first-order valence-corrected chi connectivity index (χ1v) is 17.8. The van der Waals surface area contributed by atoms with E-state index < -0.39 is 0 Å². The van der Waals surface area contributed by atoms with Gasteiger partial charge in [-0.15, -0.1) is 10.2 Å². The molecule has 0 fully saturated rings. The van der Waals surface area contributed by atoms with Gasteiger partial charge in [-0.05, 0) is 132 Å². The maximum absolute atomic E-state index is 5.14. The summed E-state index contributed by atoms with van der Waals surface area (Å²) in [6.45, 7) is 0. The van der Waals surface area contributed by atoms with Gasteiger partial charge < -0.3 is 0 Å². The van der Waals surface area contributed by atoms with Crippen LogP contribution in [0.3, 0.4) is 0 Å². The van der Waals surface area contributed by atoms with Gasteiger partial charge in [-0.25, -0.2) is 0 Å². The lowest BCUT2D eigenvalue weighted by molar-refractivity contribution is 0.766. The molecule has 0 spiro atoms. The zero-order chi connectivity index (χ0) is 35.1. The lowest BCUT2D eigenvalue weighted by Gasteiger charge is -2.11. The summed E-state index contributed by atoms with van der Waals surface area (Å²) in [7, 11) is 0. The molecule has 0 radical (unpaired) electrons. The Kier molecular flexibility index (Phi) is 7.43. The van der Waals surface area contributed by atoms with Gasteiger partial charge in [0.15, 0.2) is 0 Å². The molecule has 4 heteroatoms. The molecule has 2 aromatic heterocycles. The average molecular weight is 677 g/mol. The summed E-state index contributed by atoms with van der Waals surface area (Å²) in [5.74, 6) is 0. The Labute approximate surface area is 307 Å². The first kappa shape index (κ1) is 30.6. The van der Waals surface area contributed by atoms with Crippen LogP contribution in [0.5, 0.6) is 0 Å². The summed E-state index contributed by atoms with van der Waals surface area (Å²) in [5, 5.41) is 15.0. The SMILES string of the molecule is c1ccc(-c2ccc3cc(-c4cc(-c5ccc6cc(-c7ccccc7)ccc6c5)c5nn(-c6cccc(-c7ccncc7)c6)nc5c4)ccc3c2)cc1. The highest BCUT2D eigenvalue weighted by atomic mass is 15.5. The Balaban J connectivity index is 1.11. The van der Waals surface area contributed by atoms with Crippen molar-refractivity contribution in [2.45, 2.75) is 0 Å². The van der Waals surface area contributed by atoms with E-state index in [0.717, 1.165) is 50.1 Å². The summed E-state index contributed by atoms with van der Waals surface area (Å²) in [6.07, 6.45) is 3.63. The Morgan fingerprint density at radius 3 is 1.42 bits per heavy atom. The van der Waals surface area contributed by atoms with Crippen LogP contribution < -0.4 is 0 Å². The summed E-state index contributed by atoms with van der Waals surface area (Å²) in [5.41, 5.74) is 14.0. The zero-order valence-corrected chi connectivity index (χ0v) is 28.8. The monoisotopic (exact) mass is 676 g/mol. The first-order chi connectivity index (χ1) is 26.2. The first-order valence-electron chi connectivity index (χ1n) is 17.8. The molecule has 0 saturated carbocycles. The van der Waals surface area contributed by atoms with E-state index in [1.807, 2.05) is 24.5 Å². The minimum atomic E-state index is 0.839. The van der Waals surface area contributed by atoms with Crippen molar-refractivity contribution in [1.82, 2.24) is 20.0 Å². The number of hydrogen-bond acceptors (Lipinski definition) is 3. The van der Waals surface area contributed by atoms with E-state index in [9.17, 15) is 0 Å². The van der Waals surface area contributed by atoms with Crippen LogP contribution in [0.2, 0.25) is 0 Å². The van der Waals surface area contributed by atoms with Gasteiger partial charge in [-0.1, -0.05) is 121 Å². The third kappa shape index (κ3) is 5.82. The molecule has 10 aromatic rings. The van der Waals surface area contributed by atoms with Crippen LogP contribution in [0.15, 0.2) is 194 Å². The molecule has 4 nitrogen and oxygen atoms in total. The van der Waals surface area contributed by atoms with E-state index in [1.54, 1.807) is 4.80 Å². The number of rotatable bonds is 6. The lowest BCUT2D eigenvalue weighted by Crippen LogP contribution is -1.98. The van der Waals surface area contributed by atoms with E-state index >= 15 is 0 Å². The normalized spacial score (nSPS) is 11.4. The maximum Gasteiger partial charge on any atom is 0.121 e. The van der Waals surface area contributed by atoms with Crippen LogP contribution in [-0.2, 0) is 0 Å². The van der Waals surface area contributed by atoms with Crippen molar-refractivity contribution in [3.8, 4) is 61.3 Å². The van der Waals surface area contributed by atoms with Crippen molar-refractivity contribution in [3.05, 3.63) is 194 Å². The zero-order valence-electron chi connectivity index (χ0n) is 28.8. The van der Waals surface area contributed by atoms with Crippen LogP contribution in [0.25, 0.3) is 93.9 Å². The number of fused-ring (bicyclic) bond motifs is 3. The fourth-order valence-corrected chi connectivity index (χ4v) is 7.33. The molecule has 0 bridgehead atoms. The van der Waals surface area contributed by atoms with Gasteiger partial charge in [0.1, 0.15) is 11.0 Å². The van der Waals surface area contributed by atoms with Gasteiger partial charge in [-0.2, -0.15) is 4.80 Å². The summed E-state index contributed by atoms with van der Waals surface area (Å²) < 4.78 is 0. The van der Waals surface area contributed by atoms with Crippen molar-refractivity contribution in [1.29, 1.82) is 0 Å². The molecule has 53 heavy (non-hydrogen) atoms. The Morgan fingerprint density at radius 2 is 0.811 bits per heavy atom. The predicted octanol–water partition coefficient (Wildman–Crippen LogP) is 12.5. The van der Waals surface area contributed by atoms with Crippen molar-refractivity contribution in [3.63, 3.8) is 0 Å². The Hall–Kier alpha value is -7.17. The van der Waals surface area contributed by atoms with Gasteiger partial charge in [-0.3, -0.25) is 4.98 Å². The summed E-state index contributed by atoms with van der Waals surface area (Å²) >= 11 is 0. The molecule has 0 aliphatic heterocycles.